The van der Waals surface area contributed by atoms with E-state index in [0.717, 1.165) is 40.6 Å². The van der Waals surface area contributed by atoms with Crippen LogP contribution in [0.2, 0.25) is 0 Å². The van der Waals surface area contributed by atoms with E-state index < -0.39 is 0 Å². The van der Waals surface area contributed by atoms with Crippen molar-refractivity contribution in [1.29, 1.82) is 0 Å². The molecule has 1 aliphatic heterocycles. The predicted molar refractivity (Wildman–Crippen MR) is 122 cm³/mol. The van der Waals surface area contributed by atoms with Crippen LogP contribution < -0.4 is 5.32 Å². The predicted octanol–water partition coefficient (Wildman–Crippen LogP) is 5.57. The lowest BCUT2D eigenvalue weighted by atomic mass is 10.1. The van der Waals surface area contributed by atoms with Gasteiger partial charge >= 0.3 is 0 Å². The van der Waals surface area contributed by atoms with Crippen LogP contribution in [-0.2, 0) is 16.1 Å². The van der Waals surface area contributed by atoms with Gasteiger partial charge in [-0.3, -0.25) is 4.79 Å². The first-order valence-corrected chi connectivity index (χ1v) is 11.4. The van der Waals surface area contributed by atoms with Gasteiger partial charge in [-0.25, -0.2) is 4.98 Å². The molecule has 2 aromatic carbocycles. The van der Waals surface area contributed by atoms with Crippen molar-refractivity contribution in [3.63, 3.8) is 0 Å². The molecule has 0 bridgehead atoms. The zero-order chi connectivity index (χ0) is 21.3. The molecule has 0 spiro atoms. The Morgan fingerprint density at radius 2 is 2.00 bits per heavy atom. The number of aromatic nitrogens is 1. The number of amides is 1. The fourth-order valence-corrected chi connectivity index (χ4v) is 4.17. The van der Waals surface area contributed by atoms with Crippen molar-refractivity contribution in [2.24, 2.45) is 0 Å². The second kappa shape index (κ2) is 11.1. The number of carbonyl (C=O) groups is 1. The van der Waals surface area contributed by atoms with Crippen molar-refractivity contribution < 1.29 is 14.3 Å². The molecule has 6 heteroatoms. The zero-order valence-corrected chi connectivity index (χ0v) is 18.1. The van der Waals surface area contributed by atoms with Crippen LogP contribution in [-0.4, -0.2) is 30.2 Å². The second-order valence-corrected chi connectivity index (χ2v) is 8.55. The Morgan fingerprint density at radius 3 is 2.77 bits per heavy atom. The first-order chi connectivity index (χ1) is 15.3. The SMILES string of the molecule is O=C(Nc1cccc(COCC2CCCCO2)c1)c1ccc(Sc2ccccn2)cc1. The highest BCUT2D eigenvalue weighted by molar-refractivity contribution is 7.99. The van der Waals surface area contributed by atoms with Gasteiger partial charge in [0.1, 0.15) is 5.03 Å². The lowest BCUT2D eigenvalue weighted by Crippen LogP contribution is -2.24. The van der Waals surface area contributed by atoms with Gasteiger partial charge in [-0.1, -0.05) is 30.0 Å². The monoisotopic (exact) mass is 434 g/mol. The average Bonchev–Trinajstić information content (AvgIpc) is 2.81. The van der Waals surface area contributed by atoms with Crippen molar-refractivity contribution in [2.45, 2.75) is 41.9 Å². The number of nitrogens with one attached hydrogen (secondary N) is 1. The molecule has 1 fully saturated rings. The lowest BCUT2D eigenvalue weighted by Gasteiger charge is -2.22. The smallest absolute Gasteiger partial charge is 0.255 e. The molecule has 1 atom stereocenters. The molecular formula is C25H26N2O3S. The number of benzene rings is 2. The second-order valence-electron chi connectivity index (χ2n) is 7.45. The van der Waals surface area contributed by atoms with Crippen LogP contribution in [0.3, 0.4) is 0 Å². The number of carbonyl (C=O) groups excluding carboxylic acids is 1. The summed E-state index contributed by atoms with van der Waals surface area (Å²) in [4.78, 5) is 18.0. The Labute approximate surface area is 187 Å². The first kappa shape index (κ1) is 21.6. The first-order valence-electron chi connectivity index (χ1n) is 10.5. The molecule has 4 rings (SSSR count). The Kier molecular flexibility index (Phi) is 7.71. The highest BCUT2D eigenvalue weighted by Gasteiger charge is 2.14. The fraction of sp³-hybridized carbons (Fsp3) is 0.280. The number of hydrogen-bond donors (Lipinski definition) is 1. The molecule has 0 saturated carbocycles. The van der Waals surface area contributed by atoms with E-state index in [4.69, 9.17) is 9.47 Å². The van der Waals surface area contributed by atoms with E-state index in [2.05, 4.69) is 10.3 Å². The van der Waals surface area contributed by atoms with Gasteiger partial charge < -0.3 is 14.8 Å². The highest BCUT2D eigenvalue weighted by Crippen LogP contribution is 2.26. The molecule has 1 N–H and O–H groups in total. The summed E-state index contributed by atoms with van der Waals surface area (Å²) >= 11 is 1.57. The maximum Gasteiger partial charge on any atom is 0.255 e. The number of anilines is 1. The lowest BCUT2D eigenvalue weighted by molar-refractivity contribution is -0.0447. The number of pyridine rings is 1. The normalized spacial score (nSPS) is 16.1. The molecule has 1 unspecified atom stereocenters. The topological polar surface area (TPSA) is 60.5 Å². The van der Waals surface area contributed by atoms with Gasteiger partial charge in [-0.05, 0) is 73.4 Å². The maximum atomic E-state index is 12.6. The van der Waals surface area contributed by atoms with Crippen LogP contribution in [0.4, 0.5) is 5.69 Å². The molecule has 5 nitrogen and oxygen atoms in total. The Hall–Kier alpha value is -2.67. The third-order valence-corrected chi connectivity index (χ3v) is 5.97. The van der Waals surface area contributed by atoms with Gasteiger partial charge in [0.15, 0.2) is 0 Å². The fourth-order valence-electron chi connectivity index (χ4n) is 3.39. The van der Waals surface area contributed by atoms with E-state index in [-0.39, 0.29) is 12.0 Å². The van der Waals surface area contributed by atoms with Gasteiger partial charge in [0.2, 0.25) is 0 Å². The van der Waals surface area contributed by atoms with Gasteiger partial charge in [-0.15, -0.1) is 0 Å². The van der Waals surface area contributed by atoms with Crippen LogP contribution in [0, 0.1) is 0 Å². The van der Waals surface area contributed by atoms with Crippen LogP contribution in [0.5, 0.6) is 0 Å². The number of ether oxygens (including phenoxy) is 2. The third kappa shape index (κ3) is 6.66. The quantitative estimate of drug-likeness (QED) is 0.502. The summed E-state index contributed by atoms with van der Waals surface area (Å²) in [6.07, 6.45) is 5.39. The summed E-state index contributed by atoms with van der Waals surface area (Å²) in [6, 6.07) is 21.1. The Bertz CT molecular complexity index is 974. The molecule has 1 saturated heterocycles. The van der Waals surface area contributed by atoms with E-state index in [1.54, 1.807) is 18.0 Å². The average molecular weight is 435 g/mol. The van der Waals surface area contributed by atoms with Crippen molar-refractivity contribution in [2.75, 3.05) is 18.5 Å². The number of rotatable bonds is 8. The molecule has 31 heavy (non-hydrogen) atoms. The van der Waals surface area contributed by atoms with Gasteiger partial charge in [0.25, 0.3) is 5.91 Å². The Morgan fingerprint density at radius 1 is 1.10 bits per heavy atom. The van der Waals surface area contributed by atoms with E-state index in [9.17, 15) is 4.79 Å². The summed E-state index contributed by atoms with van der Waals surface area (Å²) < 4.78 is 11.5. The summed E-state index contributed by atoms with van der Waals surface area (Å²) in [6.45, 7) is 1.95. The Balaban J connectivity index is 1.29. The van der Waals surface area contributed by atoms with E-state index in [0.29, 0.717) is 18.8 Å². The van der Waals surface area contributed by atoms with Crippen molar-refractivity contribution >= 4 is 23.4 Å². The number of nitrogens with zero attached hydrogens (tertiary/aromatic N) is 1. The standard InChI is InChI=1S/C25H26N2O3S/c28-25(20-10-12-23(13-11-20)31-24-9-1-3-14-26-24)27-21-7-5-6-19(16-21)17-29-18-22-8-2-4-15-30-22/h1,3,5-7,9-14,16,22H,2,4,8,15,17-18H2,(H,27,28). The van der Waals surface area contributed by atoms with E-state index in [1.165, 1.54) is 6.42 Å². The number of hydrogen-bond acceptors (Lipinski definition) is 5. The van der Waals surface area contributed by atoms with Crippen molar-refractivity contribution in [1.82, 2.24) is 4.98 Å². The molecule has 1 aliphatic rings. The van der Waals surface area contributed by atoms with E-state index >= 15 is 0 Å². The molecular weight excluding hydrogens is 408 g/mol. The molecule has 0 aliphatic carbocycles. The molecule has 1 aromatic heterocycles. The highest BCUT2D eigenvalue weighted by atomic mass is 32.2. The van der Waals surface area contributed by atoms with Crippen LogP contribution in [0.15, 0.2) is 82.8 Å². The minimum absolute atomic E-state index is 0.136. The van der Waals surface area contributed by atoms with Crippen molar-refractivity contribution in [3.8, 4) is 0 Å². The van der Waals surface area contributed by atoms with Crippen LogP contribution >= 0.6 is 11.8 Å². The van der Waals surface area contributed by atoms with Gasteiger partial charge in [0, 0.05) is 29.0 Å². The van der Waals surface area contributed by atoms with Crippen molar-refractivity contribution in [3.05, 3.63) is 84.1 Å². The minimum atomic E-state index is -0.136. The van der Waals surface area contributed by atoms with Crippen LogP contribution in [0.1, 0.15) is 35.2 Å². The molecule has 2 heterocycles. The van der Waals surface area contributed by atoms with Gasteiger partial charge in [-0.2, -0.15) is 0 Å². The zero-order valence-electron chi connectivity index (χ0n) is 17.3. The maximum absolute atomic E-state index is 12.6. The van der Waals surface area contributed by atoms with E-state index in [1.807, 2.05) is 66.7 Å². The molecule has 3 aromatic rings. The summed E-state index contributed by atoms with van der Waals surface area (Å²) in [5.41, 5.74) is 2.39. The molecule has 1 amide bonds. The van der Waals surface area contributed by atoms with Crippen LogP contribution in [0.25, 0.3) is 0 Å². The largest absolute Gasteiger partial charge is 0.376 e. The summed E-state index contributed by atoms with van der Waals surface area (Å²) in [5.74, 6) is -0.136. The summed E-state index contributed by atoms with van der Waals surface area (Å²) in [7, 11) is 0. The molecule has 160 valence electrons. The third-order valence-electron chi connectivity index (χ3n) is 5.01. The summed E-state index contributed by atoms with van der Waals surface area (Å²) in [5, 5.41) is 3.89. The molecule has 0 radical (unpaired) electrons. The minimum Gasteiger partial charge on any atom is -0.376 e. The van der Waals surface area contributed by atoms with Gasteiger partial charge in [0.05, 0.1) is 19.3 Å².